The largest absolute Gasteiger partial charge is 0.504 e. The van der Waals surface area contributed by atoms with Gasteiger partial charge in [0, 0.05) is 6.07 Å². The summed E-state index contributed by atoms with van der Waals surface area (Å²) in [6.45, 7) is 5.04. The molecule has 94 valence electrons. The van der Waals surface area contributed by atoms with Gasteiger partial charge in [-0.3, -0.25) is 0 Å². The normalized spacial score (nSPS) is 11.0. The van der Waals surface area contributed by atoms with E-state index in [1.54, 1.807) is 20.8 Å². The Bertz CT molecular complexity index is 406. The Morgan fingerprint density at radius 1 is 1.24 bits per heavy atom. The van der Waals surface area contributed by atoms with Crippen LogP contribution in [0.3, 0.4) is 0 Å². The number of carbonyl (C=O) groups excluding carboxylic acids is 1. The van der Waals surface area contributed by atoms with E-state index in [1.165, 1.54) is 18.2 Å². The van der Waals surface area contributed by atoms with Crippen molar-refractivity contribution in [1.82, 2.24) is 0 Å². The van der Waals surface area contributed by atoms with Crippen LogP contribution in [0.25, 0.3) is 0 Å². The quantitative estimate of drug-likeness (QED) is 0.622. The minimum absolute atomic E-state index is 0.241. The van der Waals surface area contributed by atoms with Gasteiger partial charge in [-0.2, -0.15) is 0 Å². The lowest BCUT2D eigenvalue weighted by Gasteiger charge is -2.19. The molecular formula is C12H16O5. The molecule has 0 aliphatic heterocycles. The Labute approximate surface area is 99.6 Å². The predicted octanol–water partition coefficient (Wildman–Crippen LogP) is 1.82. The van der Waals surface area contributed by atoms with Crippen LogP contribution in [0, 0.1) is 0 Å². The van der Waals surface area contributed by atoms with Gasteiger partial charge in [0.2, 0.25) is 0 Å². The van der Waals surface area contributed by atoms with E-state index >= 15 is 0 Å². The average Bonchev–Trinajstić information content (AvgIpc) is 2.17. The lowest BCUT2D eigenvalue weighted by molar-refractivity contribution is -0.157. The maximum Gasteiger partial charge on any atom is 0.344 e. The first-order chi connectivity index (χ1) is 7.78. The van der Waals surface area contributed by atoms with Crippen LogP contribution >= 0.6 is 0 Å². The molecule has 0 aliphatic rings. The van der Waals surface area contributed by atoms with Gasteiger partial charge in [-0.25, -0.2) is 4.79 Å². The third kappa shape index (κ3) is 4.63. The standard InChI is InChI=1S/C12H16O5/c1-12(2,3)17-11(15)7-16-8-4-5-9(13)10(14)6-8/h4-6,13-14H,7H2,1-3H3. The number of aromatic hydroxyl groups is 2. The van der Waals surface area contributed by atoms with Crippen molar-refractivity contribution in [2.45, 2.75) is 26.4 Å². The van der Waals surface area contributed by atoms with Crippen molar-refractivity contribution in [3.63, 3.8) is 0 Å². The van der Waals surface area contributed by atoms with Crippen molar-refractivity contribution in [1.29, 1.82) is 0 Å². The second-order valence-electron chi connectivity index (χ2n) is 4.53. The first-order valence-electron chi connectivity index (χ1n) is 5.14. The lowest BCUT2D eigenvalue weighted by atomic mass is 10.2. The Morgan fingerprint density at radius 2 is 1.88 bits per heavy atom. The SMILES string of the molecule is CC(C)(C)OC(=O)COc1ccc(O)c(O)c1. The molecule has 0 aliphatic carbocycles. The summed E-state index contributed by atoms with van der Waals surface area (Å²) < 4.78 is 10.1. The summed E-state index contributed by atoms with van der Waals surface area (Å²) in [6, 6.07) is 3.94. The van der Waals surface area contributed by atoms with Gasteiger partial charge in [0.1, 0.15) is 11.4 Å². The smallest absolute Gasteiger partial charge is 0.344 e. The molecule has 5 heteroatoms. The fourth-order valence-corrected chi connectivity index (χ4v) is 1.11. The Morgan fingerprint density at radius 3 is 2.41 bits per heavy atom. The summed E-state index contributed by atoms with van der Waals surface area (Å²) >= 11 is 0. The van der Waals surface area contributed by atoms with Crippen molar-refractivity contribution < 1.29 is 24.5 Å². The van der Waals surface area contributed by atoms with E-state index in [0.717, 1.165) is 0 Å². The minimum Gasteiger partial charge on any atom is -0.504 e. The number of rotatable bonds is 3. The molecule has 1 aromatic carbocycles. The molecule has 2 N–H and O–H groups in total. The minimum atomic E-state index is -0.558. The number of phenolic OH excluding ortho intramolecular Hbond substituents is 2. The molecule has 0 atom stereocenters. The van der Waals surface area contributed by atoms with Gasteiger partial charge >= 0.3 is 5.97 Å². The van der Waals surface area contributed by atoms with Crippen LogP contribution in [0.15, 0.2) is 18.2 Å². The van der Waals surface area contributed by atoms with Crippen molar-refractivity contribution in [2.75, 3.05) is 6.61 Å². The topological polar surface area (TPSA) is 76.0 Å². The summed E-state index contributed by atoms with van der Waals surface area (Å²) in [5, 5.41) is 18.3. The van der Waals surface area contributed by atoms with Gasteiger partial charge < -0.3 is 19.7 Å². The number of benzene rings is 1. The highest BCUT2D eigenvalue weighted by molar-refractivity contribution is 5.71. The maximum atomic E-state index is 11.3. The van der Waals surface area contributed by atoms with Crippen LogP contribution in [0.2, 0.25) is 0 Å². The van der Waals surface area contributed by atoms with Crippen LogP contribution in [0.4, 0.5) is 0 Å². The predicted molar refractivity (Wildman–Crippen MR) is 61.1 cm³/mol. The Balaban J connectivity index is 2.50. The van der Waals surface area contributed by atoms with Crippen LogP contribution < -0.4 is 4.74 Å². The number of phenols is 2. The first kappa shape index (κ1) is 13.2. The molecule has 0 heterocycles. The molecule has 0 bridgehead atoms. The van der Waals surface area contributed by atoms with Gasteiger partial charge in [-0.05, 0) is 32.9 Å². The highest BCUT2D eigenvalue weighted by atomic mass is 16.6. The van der Waals surface area contributed by atoms with E-state index in [2.05, 4.69) is 0 Å². The highest BCUT2D eigenvalue weighted by Crippen LogP contribution is 2.28. The molecule has 0 saturated carbocycles. The van der Waals surface area contributed by atoms with Gasteiger partial charge in [-0.1, -0.05) is 0 Å². The van der Waals surface area contributed by atoms with Gasteiger partial charge in [0.15, 0.2) is 18.1 Å². The molecule has 1 rings (SSSR count). The summed E-state index contributed by atoms with van der Waals surface area (Å²) in [4.78, 5) is 11.3. The fraction of sp³-hybridized carbons (Fsp3) is 0.417. The zero-order chi connectivity index (χ0) is 13.1. The lowest BCUT2D eigenvalue weighted by Crippen LogP contribution is -2.27. The zero-order valence-corrected chi connectivity index (χ0v) is 10.1. The molecule has 5 nitrogen and oxygen atoms in total. The van der Waals surface area contributed by atoms with Crippen LogP contribution in [0.1, 0.15) is 20.8 Å². The highest BCUT2D eigenvalue weighted by Gasteiger charge is 2.16. The van der Waals surface area contributed by atoms with Crippen molar-refractivity contribution in [2.24, 2.45) is 0 Å². The molecule has 0 radical (unpaired) electrons. The third-order valence-corrected chi connectivity index (χ3v) is 1.72. The molecule has 17 heavy (non-hydrogen) atoms. The van der Waals surface area contributed by atoms with E-state index in [-0.39, 0.29) is 23.9 Å². The summed E-state index contributed by atoms with van der Waals surface area (Å²) in [7, 11) is 0. The summed E-state index contributed by atoms with van der Waals surface area (Å²) in [5.74, 6) is -0.752. The number of carbonyl (C=O) groups is 1. The van der Waals surface area contributed by atoms with Crippen LogP contribution in [0.5, 0.6) is 17.2 Å². The first-order valence-corrected chi connectivity index (χ1v) is 5.14. The average molecular weight is 240 g/mol. The van der Waals surface area contributed by atoms with Crippen molar-refractivity contribution in [3.05, 3.63) is 18.2 Å². The Kier molecular flexibility index (Phi) is 3.83. The molecular weight excluding hydrogens is 224 g/mol. The summed E-state index contributed by atoms with van der Waals surface area (Å²) in [6.07, 6.45) is 0. The fourth-order valence-electron chi connectivity index (χ4n) is 1.11. The van der Waals surface area contributed by atoms with E-state index < -0.39 is 11.6 Å². The Hall–Kier alpha value is -1.91. The number of hydrogen-bond donors (Lipinski definition) is 2. The molecule has 0 spiro atoms. The molecule has 0 unspecified atom stereocenters. The van der Waals surface area contributed by atoms with Crippen molar-refractivity contribution in [3.8, 4) is 17.2 Å². The van der Waals surface area contributed by atoms with E-state index in [1.807, 2.05) is 0 Å². The second-order valence-corrected chi connectivity index (χ2v) is 4.53. The van der Waals surface area contributed by atoms with Crippen LogP contribution in [-0.2, 0) is 9.53 Å². The van der Waals surface area contributed by atoms with Crippen molar-refractivity contribution >= 4 is 5.97 Å². The van der Waals surface area contributed by atoms with E-state index in [4.69, 9.17) is 14.6 Å². The molecule has 0 fully saturated rings. The second kappa shape index (κ2) is 4.95. The zero-order valence-electron chi connectivity index (χ0n) is 10.1. The monoisotopic (exact) mass is 240 g/mol. The molecule has 1 aromatic rings. The third-order valence-electron chi connectivity index (χ3n) is 1.72. The van der Waals surface area contributed by atoms with E-state index in [0.29, 0.717) is 0 Å². The number of esters is 1. The molecule has 0 amide bonds. The molecule has 0 aromatic heterocycles. The van der Waals surface area contributed by atoms with Gasteiger partial charge in [0.25, 0.3) is 0 Å². The van der Waals surface area contributed by atoms with Crippen LogP contribution in [-0.4, -0.2) is 28.4 Å². The maximum absolute atomic E-state index is 11.3. The number of hydrogen-bond acceptors (Lipinski definition) is 5. The molecule has 0 saturated heterocycles. The summed E-state index contributed by atoms with van der Waals surface area (Å²) in [5.41, 5.74) is -0.558. The van der Waals surface area contributed by atoms with E-state index in [9.17, 15) is 9.90 Å². The van der Waals surface area contributed by atoms with Gasteiger partial charge in [0.05, 0.1) is 0 Å². The number of ether oxygens (including phenoxy) is 2. The van der Waals surface area contributed by atoms with Gasteiger partial charge in [-0.15, -0.1) is 0 Å².